The average Bonchev–Trinajstić information content (AvgIpc) is 3.19. The third-order valence-corrected chi connectivity index (χ3v) is 6.88. The van der Waals surface area contributed by atoms with Gasteiger partial charge in [-0.25, -0.2) is 4.98 Å². The molecule has 1 saturated heterocycles. The van der Waals surface area contributed by atoms with Crippen molar-refractivity contribution in [1.29, 1.82) is 0 Å². The topological polar surface area (TPSA) is 79.4 Å². The highest BCUT2D eigenvalue weighted by Gasteiger charge is 2.50. The predicted octanol–water partition coefficient (Wildman–Crippen LogP) is 3.93. The minimum atomic E-state index is -0.840. The summed E-state index contributed by atoms with van der Waals surface area (Å²) in [7, 11) is 0. The zero-order valence-corrected chi connectivity index (χ0v) is 17.7. The maximum absolute atomic E-state index is 12.8. The smallest absolute Gasteiger partial charge is 0.249 e. The van der Waals surface area contributed by atoms with Crippen molar-refractivity contribution in [2.45, 2.75) is 52.5 Å². The second kappa shape index (κ2) is 7.71. The lowest BCUT2D eigenvalue weighted by Gasteiger charge is -2.21. The van der Waals surface area contributed by atoms with Crippen LogP contribution in [0.15, 0.2) is 24.3 Å². The van der Waals surface area contributed by atoms with Crippen molar-refractivity contribution in [1.82, 2.24) is 9.88 Å². The lowest BCUT2D eigenvalue weighted by atomic mass is 9.81. The van der Waals surface area contributed by atoms with Gasteiger partial charge in [0.25, 0.3) is 0 Å². The van der Waals surface area contributed by atoms with Crippen LogP contribution in [0.3, 0.4) is 0 Å². The molecule has 7 heteroatoms. The molecule has 1 aliphatic carbocycles. The molecular formula is C22H25N3O3S. The summed E-state index contributed by atoms with van der Waals surface area (Å²) in [4.78, 5) is 45.0. The van der Waals surface area contributed by atoms with Crippen LogP contribution in [-0.2, 0) is 14.4 Å². The minimum absolute atomic E-state index is 0.196. The van der Waals surface area contributed by atoms with Crippen molar-refractivity contribution in [2.75, 3.05) is 5.32 Å². The number of rotatable bonds is 4. The molecule has 1 aromatic heterocycles. The minimum Gasteiger partial charge on any atom is -0.300 e. The summed E-state index contributed by atoms with van der Waals surface area (Å²) in [6, 6.07) is 7.23. The Balaban J connectivity index is 1.49. The number of carbonyl (C=O) groups excluding carboxylic acids is 3. The van der Waals surface area contributed by atoms with Gasteiger partial charge in [0.15, 0.2) is 5.13 Å². The number of nitrogens with one attached hydrogen (secondary N) is 1. The number of amides is 3. The fourth-order valence-corrected chi connectivity index (χ4v) is 5.16. The summed E-state index contributed by atoms with van der Waals surface area (Å²) in [6.07, 6.45) is 3.42. The van der Waals surface area contributed by atoms with Crippen molar-refractivity contribution in [2.24, 2.45) is 11.8 Å². The highest BCUT2D eigenvalue weighted by atomic mass is 32.1. The van der Waals surface area contributed by atoms with E-state index in [2.05, 4.69) is 10.3 Å². The Bertz CT molecular complexity index is 942. The molecule has 29 heavy (non-hydrogen) atoms. The molecule has 6 nitrogen and oxygen atoms in total. The molecule has 0 bridgehead atoms. The molecule has 0 radical (unpaired) electrons. The fourth-order valence-electron chi connectivity index (χ4n) is 4.33. The van der Waals surface area contributed by atoms with Crippen molar-refractivity contribution >= 4 is 34.2 Å². The van der Waals surface area contributed by atoms with Gasteiger partial charge in [0.05, 0.1) is 17.5 Å². The first-order valence-electron chi connectivity index (χ1n) is 10.1. The van der Waals surface area contributed by atoms with Gasteiger partial charge >= 0.3 is 0 Å². The largest absolute Gasteiger partial charge is 0.300 e. The first-order chi connectivity index (χ1) is 13.9. The van der Waals surface area contributed by atoms with Gasteiger partial charge in [0, 0.05) is 10.4 Å². The maximum atomic E-state index is 12.8. The standard InChI is InChI=1S/C22H25N3O3S/c1-12-8-10-15(11-9-12)18-14(3)29-22(23-18)24-19(26)13(2)25-20(27)16-6-4-5-7-17(16)21(25)28/h8-11,13,16-17H,4-7H2,1-3H3,(H,23,24,26). The second-order valence-electron chi connectivity index (χ2n) is 8.00. The molecule has 1 aromatic carbocycles. The number of hydrogen-bond donors (Lipinski definition) is 1. The zero-order valence-electron chi connectivity index (χ0n) is 16.9. The van der Waals surface area contributed by atoms with Crippen LogP contribution in [0.5, 0.6) is 0 Å². The number of hydrogen-bond acceptors (Lipinski definition) is 5. The average molecular weight is 412 g/mol. The summed E-state index contributed by atoms with van der Waals surface area (Å²) >= 11 is 1.39. The van der Waals surface area contributed by atoms with Gasteiger partial charge in [-0.15, -0.1) is 11.3 Å². The van der Waals surface area contributed by atoms with E-state index in [4.69, 9.17) is 0 Å². The molecule has 3 amide bonds. The van der Waals surface area contributed by atoms with Crippen LogP contribution < -0.4 is 5.32 Å². The third kappa shape index (κ3) is 3.59. The third-order valence-electron chi connectivity index (χ3n) is 5.99. The van der Waals surface area contributed by atoms with Crippen LogP contribution in [0.25, 0.3) is 11.3 Å². The van der Waals surface area contributed by atoms with Crippen LogP contribution in [0.1, 0.15) is 43.0 Å². The first kappa shape index (κ1) is 19.8. The van der Waals surface area contributed by atoms with E-state index in [-0.39, 0.29) is 29.6 Å². The van der Waals surface area contributed by atoms with E-state index in [1.165, 1.54) is 21.8 Å². The number of benzene rings is 1. The zero-order chi connectivity index (χ0) is 20.7. The molecule has 1 saturated carbocycles. The monoisotopic (exact) mass is 411 g/mol. The van der Waals surface area contributed by atoms with E-state index in [0.29, 0.717) is 5.13 Å². The molecule has 3 atom stereocenters. The highest BCUT2D eigenvalue weighted by molar-refractivity contribution is 7.16. The van der Waals surface area contributed by atoms with E-state index in [0.717, 1.165) is 41.8 Å². The number of anilines is 1. The van der Waals surface area contributed by atoms with Crippen molar-refractivity contribution < 1.29 is 14.4 Å². The number of thiazole rings is 1. The molecule has 1 N–H and O–H groups in total. The Morgan fingerprint density at radius 2 is 1.69 bits per heavy atom. The number of aryl methyl sites for hydroxylation is 2. The van der Waals surface area contributed by atoms with E-state index in [1.807, 2.05) is 38.1 Å². The Kier molecular flexibility index (Phi) is 5.25. The molecular weight excluding hydrogens is 386 g/mol. The summed E-state index contributed by atoms with van der Waals surface area (Å²) in [5.41, 5.74) is 2.99. The molecule has 1 aliphatic heterocycles. The summed E-state index contributed by atoms with van der Waals surface area (Å²) in [6.45, 7) is 5.61. The molecule has 2 aromatic rings. The van der Waals surface area contributed by atoms with Crippen LogP contribution in [0.2, 0.25) is 0 Å². The predicted molar refractivity (Wildman–Crippen MR) is 112 cm³/mol. The normalized spacial score (nSPS) is 22.5. The van der Waals surface area contributed by atoms with Crippen LogP contribution in [0, 0.1) is 25.7 Å². The van der Waals surface area contributed by atoms with Crippen LogP contribution in [0.4, 0.5) is 5.13 Å². The quantitative estimate of drug-likeness (QED) is 0.773. The molecule has 0 spiro atoms. The Morgan fingerprint density at radius 1 is 1.10 bits per heavy atom. The number of likely N-dealkylation sites (tertiary alicyclic amines) is 1. The van der Waals surface area contributed by atoms with E-state index in [9.17, 15) is 14.4 Å². The number of imide groups is 1. The van der Waals surface area contributed by atoms with Gasteiger partial charge in [-0.3, -0.25) is 19.3 Å². The van der Waals surface area contributed by atoms with Crippen LogP contribution >= 0.6 is 11.3 Å². The second-order valence-corrected chi connectivity index (χ2v) is 9.20. The van der Waals surface area contributed by atoms with Gasteiger partial charge in [0.1, 0.15) is 6.04 Å². The number of carbonyl (C=O) groups is 3. The number of aromatic nitrogens is 1. The molecule has 152 valence electrons. The Hall–Kier alpha value is -2.54. The van der Waals surface area contributed by atoms with Gasteiger partial charge in [-0.1, -0.05) is 42.7 Å². The molecule has 4 rings (SSSR count). The molecule has 3 unspecified atom stereocenters. The number of nitrogens with zero attached hydrogens (tertiary/aromatic N) is 2. The fraction of sp³-hybridized carbons (Fsp3) is 0.455. The lowest BCUT2D eigenvalue weighted by Crippen LogP contribution is -2.46. The van der Waals surface area contributed by atoms with Crippen LogP contribution in [-0.4, -0.2) is 33.6 Å². The Labute approximate surface area is 174 Å². The highest BCUT2D eigenvalue weighted by Crippen LogP contribution is 2.39. The van der Waals surface area contributed by atoms with Gasteiger partial charge in [-0.05, 0) is 33.6 Å². The SMILES string of the molecule is Cc1ccc(-c2nc(NC(=O)C(C)N3C(=O)C4CCCCC4C3=O)sc2C)cc1. The van der Waals surface area contributed by atoms with Crippen molar-refractivity contribution in [3.05, 3.63) is 34.7 Å². The maximum Gasteiger partial charge on any atom is 0.249 e. The summed E-state index contributed by atoms with van der Waals surface area (Å²) in [5.74, 6) is -1.27. The lowest BCUT2D eigenvalue weighted by molar-refractivity contribution is -0.146. The molecule has 2 aliphatic rings. The first-order valence-corrected chi connectivity index (χ1v) is 10.9. The summed E-state index contributed by atoms with van der Waals surface area (Å²) < 4.78 is 0. The van der Waals surface area contributed by atoms with Crippen molar-refractivity contribution in [3.8, 4) is 11.3 Å². The van der Waals surface area contributed by atoms with E-state index >= 15 is 0 Å². The molecule has 2 fully saturated rings. The van der Waals surface area contributed by atoms with Gasteiger partial charge < -0.3 is 5.32 Å². The van der Waals surface area contributed by atoms with E-state index in [1.54, 1.807) is 6.92 Å². The van der Waals surface area contributed by atoms with E-state index < -0.39 is 6.04 Å². The summed E-state index contributed by atoms with van der Waals surface area (Å²) in [5, 5.41) is 3.28. The number of fused-ring (bicyclic) bond motifs is 1. The van der Waals surface area contributed by atoms with Gasteiger partial charge in [-0.2, -0.15) is 0 Å². The van der Waals surface area contributed by atoms with Gasteiger partial charge in [0.2, 0.25) is 17.7 Å². The molecule has 2 heterocycles. The van der Waals surface area contributed by atoms with Crippen molar-refractivity contribution in [3.63, 3.8) is 0 Å². The Morgan fingerprint density at radius 3 is 2.28 bits per heavy atom.